The molecule has 0 bridgehead atoms. The van der Waals surface area contributed by atoms with Crippen LogP contribution in [-0.2, 0) is 6.54 Å². The Hall–Kier alpha value is -1.91. The summed E-state index contributed by atoms with van der Waals surface area (Å²) >= 11 is 12.2. The van der Waals surface area contributed by atoms with E-state index in [0.717, 1.165) is 29.7 Å². The Morgan fingerprint density at radius 3 is 2.04 bits per heavy atom. The van der Waals surface area contributed by atoms with Gasteiger partial charge in [-0.25, -0.2) is 0 Å². The molecule has 1 saturated heterocycles. The minimum absolute atomic E-state index is 0.205. The van der Waals surface area contributed by atoms with Gasteiger partial charge in [-0.1, -0.05) is 53.5 Å². The predicted octanol–water partition coefficient (Wildman–Crippen LogP) is 4.95. The SMILES string of the molecule is Clc1ccc(C(c2ccc(Cl)cc2)N2CC(NCc3cccnc3)C2)cc1. The fraction of sp³-hybridized carbons (Fsp3) is 0.227. The van der Waals surface area contributed by atoms with E-state index < -0.39 is 0 Å². The second kappa shape index (κ2) is 8.41. The first kappa shape index (κ1) is 18.5. The molecule has 0 saturated carbocycles. The van der Waals surface area contributed by atoms with Crippen molar-refractivity contribution in [2.24, 2.45) is 0 Å². The zero-order valence-electron chi connectivity index (χ0n) is 14.9. The molecule has 27 heavy (non-hydrogen) atoms. The Bertz CT molecular complexity index is 815. The van der Waals surface area contributed by atoms with Crippen molar-refractivity contribution in [3.63, 3.8) is 0 Å². The zero-order chi connectivity index (χ0) is 18.6. The van der Waals surface area contributed by atoms with Crippen molar-refractivity contribution >= 4 is 23.2 Å². The van der Waals surface area contributed by atoms with Gasteiger partial charge in [0.05, 0.1) is 6.04 Å². The largest absolute Gasteiger partial charge is 0.307 e. The maximum Gasteiger partial charge on any atom is 0.0602 e. The molecule has 3 aromatic rings. The Kier molecular flexibility index (Phi) is 5.74. The molecule has 0 aliphatic carbocycles. The first-order valence-electron chi connectivity index (χ1n) is 9.06. The maximum atomic E-state index is 6.09. The first-order chi connectivity index (χ1) is 13.2. The molecule has 1 aliphatic heterocycles. The molecule has 138 valence electrons. The third kappa shape index (κ3) is 4.50. The second-order valence-corrected chi connectivity index (χ2v) is 7.77. The molecule has 0 atom stereocenters. The highest BCUT2D eigenvalue weighted by Crippen LogP contribution is 2.33. The summed E-state index contributed by atoms with van der Waals surface area (Å²) in [5, 5.41) is 5.13. The quantitative estimate of drug-likeness (QED) is 0.637. The summed E-state index contributed by atoms with van der Waals surface area (Å²) in [7, 11) is 0. The van der Waals surface area contributed by atoms with Gasteiger partial charge < -0.3 is 5.32 Å². The van der Waals surface area contributed by atoms with Crippen LogP contribution in [0.4, 0.5) is 0 Å². The molecule has 0 spiro atoms. The van der Waals surface area contributed by atoms with Crippen LogP contribution in [0, 0.1) is 0 Å². The number of likely N-dealkylation sites (tertiary alicyclic amines) is 1. The number of rotatable bonds is 6. The van der Waals surface area contributed by atoms with Gasteiger partial charge >= 0.3 is 0 Å². The summed E-state index contributed by atoms with van der Waals surface area (Å²) in [4.78, 5) is 6.65. The van der Waals surface area contributed by atoms with Crippen molar-refractivity contribution in [2.45, 2.75) is 18.6 Å². The van der Waals surface area contributed by atoms with Gasteiger partial charge in [-0.15, -0.1) is 0 Å². The molecule has 1 N–H and O–H groups in total. The molecule has 0 unspecified atom stereocenters. The van der Waals surface area contributed by atoms with Gasteiger partial charge in [0.2, 0.25) is 0 Å². The lowest BCUT2D eigenvalue weighted by atomic mass is 9.93. The summed E-state index contributed by atoms with van der Waals surface area (Å²) in [6.45, 7) is 2.84. The number of aromatic nitrogens is 1. The Balaban J connectivity index is 1.45. The van der Waals surface area contributed by atoms with Crippen molar-refractivity contribution < 1.29 is 0 Å². The molecule has 1 aromatic heterocycles. The van der Waals surface area contributed by atoms with Crippen molar-refractivity contribution in [2.75, 3.05) is 13.1 Å². The van der Waals surface area contributed by atoms with Crippen LogP contribution in [0.1, 0.15) is 22.7 Å². The standard InChI is InChI=1S/C22H21Cl2N3/c23-19-7-3-17(4-8-19)22(18-5-9-20(24)10-6-18)27-14-21(15-27)26-13-16-2-1-11-25-12-16/h1-12,21-22,26H,13-15H2. The summed E-state index contributed by atoms with van der Waals surface area (Å²) in [6.07, 6.45) is 3.71. The van der Waals surface area contributed by atoms with E-state index in [4.69, 9.17) is 23.2 Å². The molecule has 0 radical (unpaired) electrons. The monoisotopic (exact) mass is 397 g/mol. The number of halogens is 2. The number of nitrogens with zero attached hydrogens (tertiary/aromatic N) is 2. The summed E-state index contributed by atoms with van der Waals surface area (Å²) in [5.41, 5.74) is 3.70. The normalized spacial score (nSPS) is 15.1. The van der Waals surface area contributed by atoms with Crippen molar-refractivity contribution in [3.8, 4) is 0 Å². The third-order valence-corrected chi connectivity index (χ3v) is 5.47. The van der Waals surface area contributed by atoms with Gasteiger partial charge in [-0.05, 0) is 47.0 Å². The zero-order valence-corrected chi connectivity index (χ0v) is 16.4. The lowest BCUT2D eigenvalue weighted by Crippen LogP contribution is -2.58. The molecule has 0 amide bonds. The van der Waals surface area contributed by atoms with E-state index in [-0.39, 0.29) is 6.04 Å². The van der Waals surface area contributed by atoms with Crippen molar-refractivity contribution in [1.82, 2.24) is 15.2 Å². The predicted molar refractivity (Wildman–Crippen MR) is 111 cm³/mol. The van der Waals surface area contributed by atoms with Crippen LogP contribution in [0.2, 0.25) is 10.0 Å². The van der Waals surface area contributed by atoms with Crippen molar-refractivity contribution in [1.29, 1.82) is 0 Å². The van der Waals surface area contributed by atoms with Crippen LogP contribution in [0.3, 0.4) is 0 Å². The Morgan fingerprint density at radius 2 is 1.52 bits per heavy atom. The lowest BCUT2D eigenvalue weighted by Gasteiger charge is -2.45. The second-order valence-electron chi connectivity index (χ2n) is 6.90. The van der Waals surface area contributed by atoms with E-state index in [1.807, 2.05) is 36.5 Å². The molecule has 3 nitrogen and oxygen atoms in total. The number of hydrogen-bond donors (Lipinski definition) is 1. The van der Waals surface area contributed by atoms with Crippen LogP contribution in [-0.4, -0.2) is 29.0 Å². The molecule has 1 fully saturated rings. The van der Waals surface area contributed by atoms with E-state index in [1.54, 1.807) is 6.20 Å². The van der Waals surface area contributed by atoms with Crippen LogP contribution in [0.25, 0.3) is 0 Å². The molecule has 1 aliphatic rings. The van der Waals surface area contributed by atoms with Crippen LogP contribution in [0.5, 0.6) is 0 Å². The highest BCUT2D eigenvalue weighted by molar-refractivity contribution is 6.30. The van der Waals surface area contributed by atoms with E-state index >= 15 is 0 Å². The van der Waals surface area contributed by atoms with Crippen LogP contribution in [0.15, 0.2) is 73.1 Å². The number of hydrogen-bond acceptors (Lipinski definition) is 3. The maximum absolute atomic E-state index is 6.09. The molecule has 5 heteroatoms. The van der Waals surface area contributed by atoms with Gasteiger partial charge in [0, 0.05) is 48.1 Å². The van der Waals surface area contributed by atoms with E-state index in [9.17, 15) is 0 Å². The van der Waals surface area contributed by atoms with Crippen molar-refractivity contribution in [3.05, 3.63) is 99.8 Å². The van der Waals surface area contributed by atoms with Crippen LogP contribution >= 0.6 is 23.2 Å². The molecule has 4 rings (SSSR count). The van der Waals surface area contributed by atoms with E-state index in [1.165, 1.54) is 16.7 Å². The average Bonchev–Trinajstić information content (AvgIpc) is 2.66. The van der Waals surface area contributed by atoms with E-state index in [0.29, 0.717) is 6.04 Å². The molecule has 2 heterocycles. The number of benzene rings is 2. The van der Waals surface area contributed by atoms with Gasteiger partial charge in [0.1, 0.15) is 0 Å². The third-order valence-electron chi connectivity index (χ3n) is 4.96. The summed E-state index contributed by atoms with van der Waals surface area (Å²) in [6, 6.07) is 21.0. The minimum Gasteiger partial charge on any atom is -0.307 e. The smallest absolute Gasteiger partial charge is 0.0602 e. The summed E-state index contributed by atoms with van der Waals surface area (Å²) in [5.74, 6) is 0. The number of nitrogens with one attached hydrogen (secondary N) is 1. The van der Waals surface area contributed by atoms with Crippen LogP contribution < -0.4 is 5.32 Å². The van der Waals surface area contributed by atoms with Gasteiger partial charge in [-0.3, -0.25) is 9.88 Å². The molecular weight excluding hydrogens is 377 g/mol. The minimum atomic E-state index is 0.205. The molecule has 2 aromatic carbocycles. The summed E-state index contributed by atoms with van der Waals surface area (Å²) < 4.78 is 0. The Morgan fingerprint density at radius 1 is 0.926 bits per heavy atom. The first-order valence-corrected chi connectivity index (χ1v) is 9.82. The fourth-order valence-electron chi connectivity index (χ4n) is 3.52. The van der Waals surface area contributed by atoms with E-state index in [2.05, 4.69) is 45.5 Å². The highest BCUT2D eigenvalue weighted by atomic mass is 35.5. The topological polar surface area (TPSA) is 28.2 Å². The highest BCUT2D eigenvalue weighted by Gasteiger charge is 2.33. The average molecular weight is 398 g/mol. The Labute approximate surface area is 170 Å². The molecular formula is C22H21Cl2N3. The van der Waals surface area contributed by atoms with Gasteiger partial charge in [0.15, 0.2) is 0 Å². The lowest BCUT2D eigenvalue weighted by molar-refractivity contribution is 0.0922. The fourth-order valence-corrected chi connectivity index (χ4v) is 3.77. The van der Waals surface area contributed by atoms with Gasteiger partial charge in [-0.2, -0.15) is 0 Å². The number of pyridine rings is 1. The van der Waals surface area contributed by atoms with Gasteiger partial charge in [0.25, 0.3) is 0 Å².